The molecule has 20 heavy (non-hydrogen) atoms. The summed E-state index contributed by atoms with van der Waals surface area (Å²) in [6.45, 7) is 1.80. The molecule has 0 spiro atoms. The van der Waals surface area contributed by atoms with E-state index in [1.54, 1.807) is 19.1 Å². The molecule has 0 atom stereocenters. The van der Waals surface area contributed by atoms with Gasteiger partial charge >= 0.3 is 0 Å². The minimum absolute atomic E-state index is 0.278. The Labute approximate surface area is 127 Å². The molecule has 0 aliphatic carbocycles. The van der Waals surface area contributed by atoms with E-state index >= 15 is 0 Å². The van der Waals surface area contributed by atoms with Gasteiger partial charge in [-0.25, -0.2) is 13.2 Å². The van der Waals surface area contributed by atoms with Gasteiger partial charge in [0.25, 0.3) is 5.91 Å². The Bertz CT molecular complexity index is 665. The van der Waals surface area contributed by atoms with Crippen LogP contribution < -0.4 is 5.32 Å². The molecule has 0 aliphatic rings. The molecule has 0 fully saturated rings. The van der Waals surface area contributed by atoms with E-state index in [4.69, 9.17) is 0 Å². The van der Waals surface area contributed by atoms with Crippen molar-refractivity contribution in [3.8, 4) is 0 Å². The highest BCUT2D eigenvalue weighted by molar-refractivity contribution is 14.1. The van der Waals surface area contributed by atoms with Crippen molar-refractivity contribution in [3.05, 3.63) is 62.5 Å². The fourth-order valence-electron chi connectivity index (χ4n) is 1.65. The number of nitrogens with one attached hydrogen (secondary N) is 1. The average Bonchev–Trinajstić information content (AvgIpc) is 2.38. The maximum absolute atomic E-state index is 13.1. The van der Waals surface area contributed by atoms with E-state index in [0.717, 1.165) is 9.13 Å². The Balaban J connectivity index is 2.28. The van der Waals surface area contributed by atoms with Crippen molar-refractivity contribution in [3.63, 3.8) is 0 Å². The molecule has 0 aliphatic heterocycles. The molecule has 0 saturated heterocycles. The van der Waals surface area contributed by atoms with Crippen molar-refractivity contribution >= 4 is 34.2 Å². The first-order valence-corrected chi connectivity index (χ1v) is 6.68. The van der Waals surface area contributed by atoms with Crippen LogP contribution in [-0.4, -0.2) is 5.91 Å². The third-order valence-corrected chi connectivity index (χ3v) is 3.35. The van der Waals surface area contributed by atoms with Gasteiger partial charge < -0.3 is 5.32 Å². The quantitative estimate of drug-likeness (QED) is 0.602. The molecule has 2 nitrogen and oxygen atoms in total. The summed E-state index contributed by atoms with van der Waals surface area (Å²) in [6, 6.07) is 6.65. The molecule has 0 saturated carbocycles. The predicted molar refractivity (Wildman–Crippen MR) is 78.2 cm³/mol. The lowest BCUT2D eigenvalue weighted by Crippen LogP contribution is -2.14. The largest absolute Gasteiger partial charge is 0.322 e. The summed E-state index contributed by atoms with van der Waals surface area (Å²) in [6.07, 6.45) is 0. The van der Waals surface area contributed by atoms with Gasteiger partial charge in [-0.2, -0.15) is 0 Å². The summed E-state index contributed by atoms with van der Waals surface area (Å²) in [5.41, 5.74) is 1.06. The van der Waals surface area contributed by atoms with Crippen LogP contribution in [0, 0.1) is 27.9 Å². The van der Waals surface area contributed by atoms with Crippen molar-refractivity contribution in [1.82, 2.24) is 0 Å². The fraction of sp³-hybridized carbons (Fsp3) is 0.0714. The second-order valence-corrected chi connectivity index (χ2v) is 5.41. The van der Waals surface area contributed by atoms with E-state index in [2.05, 4.69) is 27.9 Å². The van der Waals surface area contributed by atoms with Gasteiger partial charge in [-0.05, 0) is 65.4 Å². The molecular formula is C14H9F3INO. The number of benzene rings is 2. The van der Waals surface area contributed by atoms with E-state index in [1.165, 1.54) is 0 Å². The van der Waals surface area contributed by atoms with Crippen molar-refractivity contribution in [1.29, 1.82) is 0 Å². The highest BCUT2D eigenvalue weighted by Crippen LogP contribution is 2.20. The maximum atomic E-state index is 13.1. The van der Waals surface area contributed by atoms with Crippen molar-refractivity contribution in [2.24, 2.45) is 0 Å². The summed E-state index contributed by atoms with van der Waals surface area (Å²) in [4.78, 5) is 11.9. The second kappa shape index (κ2) is 5.82. The number of carbonyl (C=O) groups excluding carboxylic acids is 1. The maximum Gasteiger partial charge on any atom is 0.255 e. The number of anilines is 1. The number of rotatable bonds is 2. The fourth-order valence-corrected chi connectivity index (χ4v) is 2.30. The summed E-state index contributed by atoms with van der Waals surface area (Å²) >= 11 is 2.13. The lowest BCUT2D eigenvalue weighted by atomic mass is 10.1. The zero-order chi connectivity index (χ0) is 14.9. The Morgan fingerprint density at radius 2 is 1.70 bits per heavy atom. The molecule has 1 N–H and O–H groups in total. The molecular weight excluding hydrogens is 382 g/mol. The van der Waals surface area contributed by atoms with E-state index in [1.807, 2.05) is 6.07 Å². The van der Waals surface area contributed by atoms with Crippen LogP contribution in [0.4, 0.5) is 18.9 Å². The van der Waals surface area contributed by atoms with E-state index in [9.17, 15) is 18.0 Å². The van der Waals surface area contributed by atoms with Crippen LogP contribution in [0.25, 0.3) is 0 Å². The van der Waals surface area contributed by atoms with Gasteiger partial charge in [0.05, 0.1) is 0 Å². The zero-order valence-electron chi connectivity index (χ0n) is 10.3. The Morgan fingerprint density at radius 1 is 1.10 bits per heavy atom. The van der Waals surface area contributed by atoms with Crippen LogP contribution >= 0.6 is 22.6 Å². The van der Waals surface area contributed by atoms with Crippen LogP contribution in [0.5, 0.6) is 0 Å². The third kappa shape index (κ3) is 3.12. The molecule has 0 bridgehead atoms. The molecule has 1 amide bonds. The summed E-state index contributed by atoms with van der Waals surface area (Å²) in [5.74, 6) is -5.08. The molecule has 2 rings (SSSR count). The van der Waals surface area contributed by atoms with E-state index < -0.39 is 23.4 Å². The molecule has 2 aromatic rings. The highest BCUT2D eigenvalue weighted by Gasteiger charge is 2.15. The monoisotopic (exact) mass is 391 g/mol. The Hall–Kier alpha value is -1.57. The minimum atomic E-state index is -1.59. The smallest absolute Gasteiger partial charge is 0.255 e. The van der Waals surface area contributed by atoms with Crippen LogP contribution in [0.2, 0.25) is 0 Å². The van der Waals surface area contributed by atoms with Crippen LogP contribution in [0.1, 0.15) is 15.9 Å². The third-order valence-electron chi connectivity index (χ3n) is 2.68. The molecule has 0 heterocycles. The summed E-state index contributed by atoms with van der Waals surface area (Å²) < 4.78 is 40.0. The van der Waals surface area contributed by atoms with Gasteiger partial charge in [0.2, 0.25) is 0 Å². The standard InChI is InChI=1S/C14H9F3INO/c1-7-4-9(18)2-3-12(7)19-14(20)8-5-10(15)13(17)11(16)6-8/h2-6H,1H3,(H,19,20). The average molecular weight is 391 g/mol. The first-order valence-electron chi connectivity index (χ1n) is 5.60. The summed E-state index contributed by atoms with van der Waals surface area (Å²) in [7, 11) is 0. The Morgan fingerprint density at radius 3 is 2.25 bits per heavy atom. The van der Waals surface area contributed by atoms with Gasteiger partial charge in [0.1, 0.15) is 0 Å². The SMILES string of the molecule is Cc1cc(I)ccc1NC(=O)c1cc(F)c(F)c(F)c1. The first-order chi connectivity index (χ1) is 9.38. The molecule has 2 aromatic carbocycles. The van der Waals surface area contributed by atoms with Crippen molar-refractivity contribution in [2.75, 3.05) is 5.32 Å². The number of halogens is 4. The molecule has 6 heteroatoms. The zero-order valence-corrected chi connectivity index (χ0v) is 12.5. The molecule has 0 radical (unpaired) electrons. The first kappa shape index (κ1) is 14.8. The second-order valence-electron chi connectivity index (χ2n) is 4.17. The normalized spacial score (nSPS) is 10.4. The van der Waals surface area contributed by atoms with Crippen LogP contribution in [0.3, 0.4) is 0 Å². The highest BCUT2D eigenvalue weighted by atomic mass is 127. The van der Waals surface area contributed by atoms with Crippen LogP contribution in [0.15, 0.2) is 30.3 Å². The Kier molecular flexibility index (Phi) is 4.32. The van der Waals surface area contributed by atoms with Crippen molar-refractivity contribution in [2.45, 2.75) is 6.92 Å². The lowest BCUT2D eigenvalue weighted by Gasteiger charge is -2.09. The van der Waals surface area contributed by atoms with Gasteiger partial charge in [0, 0.05) is 14.8 Å². The van der Waals surface area contributed by atoms with E-state index in [-0.39, 0.29) is 5.56 Å². The minimum Gasteiger partial charge on any atom is -0.322 e. The topological polar surface area (TPSA) is 29.1 Å². The van der Waals surface area contributed by atoms with Gasteiger partial charge in [-0.1, -0.05) is 0 Å². The predicted octanol–water partition coefficient (Wildman–Crippen LogP) is 4.27. The number of aryl methyl sites for hydroxylation is 1. The number of amides is 1. The van der Waals surface area contributed by atoms with Gasteiger partial charge in [0.15, 0.2) is 17.5 Å². The summed E-state index contributed by atoms with van der Waals surface area (Å²) in [5, 5.41) is 2.53. The number of hydrogen-bond acceptors (Lipinski definition) is 1. The molecule has 0 aromatic heterocycles. The lowest BCUT2D eigenvalue weighted by molar-refractivity contribution is 0.102. The van der Waals surface area contributed by atoms with Gasteiger partial charge in [-0.15, -0.1) is 0 Å². The molecule has 0 unspecified atom stereocenters. The van der Waals surface area contributed by atoms with Crippen LogP contribution in [-0.2, 0) is 0 Å². The number of carbonyl (C=O) groups is 1. The molecule has 104 valence electrons. The number of hydrogen-bond donors (Lipinski definition) is 1. The van der Waals surface area contributed by atoms with E-state index in [0.29, 0.717) is 17.8 Å². The van der Waals surface area contributed by atoms with Crippen molar-refractivity contribution < 1.29 is 18.0 Å². The van der Waals surface area contributed by atoms with Gasteiger partial charge in [-0.3, -0.25) is 4.79 Å².